The molecule has 0 spiro atoms. The van der Waals surface area contributed by atoms with Gasteiger partial charge in [-0.05, 0) is 31.2 Å². The van der Waals surface area contributed by atoms with Crippen LogP contribution in [0.25, 0.3) is 11.0 Å². The van der Waals surface area contributed by atoms with E-state index in [-0.39, 0.29) is 23.9 Å². The Bertz CT molecular complexity index is 886. The second-order valence-corrected chi connectivity index (χ2v) is 7.69. The minimum atomic E-state index is -0.544. The number of hydrogen-bond acceptors (Lipinski definition) is 7. The lowest BCUT2D eigenvalue weighted by atomic mass is 9.98. The molecule has 0 unspecified atom stereocenters. The van der Waals surface area contributed by atoms with Crippen LogP contribution in [0.4, 0.5) is 10.5 Å². The number of piperidine rings is 1. The van der Waals surface area contributed by atoms with Gasteiger partial charge >= 0.3 is 6.03 Å². The fourth-order valence-corrected chi connectivity index (χ4v) is 4.42. The predicted molar refractivity (Wildman–Crippen MR) is 100 cm³/mol. The van der Waals surface area contributed by atoms with Crippen molar-refractivity contribution in [1.82, 2.24) is 19.0 Å². The molecule has 1 N–H and O–H groups in total. The first kappa shape index (κ1) is 17.2. The van der Waals surface area contributed by atoms with Crippen molar-refractivity contribution in [2.75, 3.05) is 23.5 Å². The van der Waals surface area contributed by atoms with Gasteiger partial charge < -0.3 is 10.2 Å². The summed E-state index contributed by atoms with van der Waals surface area (Å²) < 4.78 is 8.40. The van der Waals surface area contributed by atoms with E-state index in [0.29, 0.717) is 41.9 Å². The SMILES string of the molecule is CSCC(=O)N[C@H]1CCN2C(=O)N(c3cccc4nsnc34)C(=O)[C@@H]2C1. The van der Waals surface area contributed by atoms with Crippen molar-refractivity contribution in [3.63, 3.8) is 0 Å². The molecule has 2 fully saturated rings. The van der Waals surface area contributed by atoms with Crippen LogP contribution in [0.15, 0.2) is 18.2 Å². The number of fused-ring (bicyclic) bond motifs is 2. The molecule has 2 aliphatic rings. The molecule has 2 saturated heterocycles. The molecule has 0 radical (unpaired) electrons. The fraction of sp³-hybridized carbons (Fsp3) is 0.438. The summed E-state index contributed by atoms with van der Waals surface area (Å²) in [6, 6.07) is 4.33. The quantitative estimate of drug-likeness (QED) is 0.793. The first-order chi connectivity index (χ1) is 12.6. The molecule has 1 aromatic heterocycles. The van der Waals surface area contributed by atoms with Crippen LogP contribution in [0.2, 0.25) is 0 Å². The Morgan fingerprint density at radius 1 is 1.38 bits per heavy atom. The highest BCUT2D eigenvalue weighted by Gasteiger charge is 2.49. The maximum Gasteiger partial charge on any atom is 0.332 e. The molecule has 136 valence electrons. The van der Waals surface area contributed by atoms with Gasteiger partial charge in [-0.3, -0.25) is 9.59 Å². The summed E-state index contributed by atoms with van der Waals surface area (Å²) in [4.78, 5) is 40.5. The molecule has 0 bridgehead atoms. The molecule has 0 saturated carbocycles. The van der Waals surface area contributed by atoms with Crippen molar-refractivity contribution < 1.29 is 14.4 Å². The van der Waals surface area contributed by atoms with Crippen LogP contribution >= 0.6 is 23.5 Å². The number of nitrogens with one attached hydrogen (secondary N) is 1. The summed E-state index contributed by atoms with van der Waals surface area (Å²) >= 11 is 2.51. The van der Waals surface area contributed by atoms with Crippen molar-refractivity contribution in [3.05, 3.63) is 18.2 Å². The van der Waals surface area contributed by atoms with Gasteiger partial charge in [-0.1, -0.05) is 6.07 Å². The molecule has 2 atom stereocenters. The van der Waals surface area contributed by atoms with E-state index in [2.05, 4.69) is 14.1 Å². The maximum absolute atomic E-state index is 13.0. The van der Waals surface area contributed by atoms with Crippen LogP contribution in [0, 0.1) is 0 Å². The van der Waals surface area contributed by atoms with Gasteiger partial charge in [-0.2, -0.15) is 20.5 Å². The fourth-order valence-electron chi connectivity index (χ4n) is 3.53. The number of carbonyl (C=O) groups excluding carboxylic acids is 3. The molecule has 2 aromatic rings. The van der Waals surface area contributed by atoms with Gasteiger partial charge in [0.1, 0.15) is 17.1 Å². The van der Waals surface area contributed by atoms with Gasteiger partial charge in [-0.15, -0.1) is 0 Å². The van der Waals surface area contributed by atoms with Crippen LogP contribution < -0.4 is 10.2 Å². The largest absolute Gasteiger partial charge is 0.352 e. The molecule has 4 amide bonds. The Hall–Kier alpha value is -2.20. The van der Waals surface area contributed by atoms with Gasteiger partial charge in [0.15, 0.2) is 0 Å². The van der Waals surface area contributed by atoms with Crippen molar-refractivity contribution >= 4 is 58.1 Å². The second-order valence-electron chi connectivity index (χ2n) is 6.30. The highest BCUT2D eigenvalue weighted by molar-refractivity contribution is 7.99. The molecule has 3 heterocycles. The number of amides is 4. The zero-order valence-electron chi connectivity index (χ0n) is 14.0. The topological polar surface area (TPSA) is 95.5 Å². The summed E-state index contributed by atoms with van der Waals surface area (Å²) in [5.41, 5.74) is 1.70. The van der Waals surface area contributed by atoms with Gasteiger partial charge in [0, 0.05) is 12.6 Å². The summed E-state index contributed by atoms with van der Waals surface area (Å²) in [5, 5.41) is 2.96. The molecular formula is C16H17N5O3S2. The third-order valence-corrected chi connectivity index (χ3v) is 5.78. The Morgan fingerprint density at radius 3 is 3.04 bits per heavy atom. The van der Waals surface area contributed by atoms with Crippen molar-refractivity contribution in [3.8, 4) is 0 Å². The average Bonchev–Trinajstić information content (AvgIpc) is 3.19. The first-order valence-corrected chi connectivity index (χ1v) is 10.4. The van der Waals surface area contributed by atoms with Crippen molar-refractivity contribution in [2.24, 2.45) is 0 Å². The Labute approximate surface area is 158 Å². The van der Waals surface area contributed by atoms with E-state index in [4.69, 9.17) is 0 Å². The molecular weight excluding hydrogens is 374 g/mol. The third-order valence-electron chi connectivity index (χ3n) is 4.69. The van der Waals surface area contributed by atoms with Gasteiger partial charge in [-0.25, -0.2) is 9.69 Å². The lowest BCUT2D eigenvalue weighted by Gasteiger charge is -2.32. The van der Waals surface area contributed by atoms with Crippen LogP contribution in [0.3, 0.4) is 0 Å². The first-order valence-electron chi connectivity index (χ1n) is 8.24. The average molecular weight is 391 g/mol. The molecule has 10 heteroatoms. The minimum absolute atomic E-state index is 0.0390. The van der Waals surface area contributed by atoms with E-state index in [1.54, 1.807) is 23.1 Å². The second kappa shape index (κ2) is 6.84. The van der Waals surface area contributed by atoms with E-state index in [0.717, 1.165) is 11.7 Å². The Morgan fingerprint density at radius 2 is 2.23 bits per heavy atom. The number of aromatic nitrogens is 2. The number of anilines is 1. The smallest absolute Gasteiger partial charge is 0.332 e. The summed E-state index contributed by atoms with van der Waals surface area (Å²) in [6.45, 7) is 0.446. The van der Waals surface area contributed by atoms with Gasteiger partial charge in [0.2, 0.25) is 5.91 Å². The van der Waals surface area contributed by atoms with Gasteiger partial charge in [0.05, 0.1) is 23.2 Å². The van der Waals surface area contributed by atoms with Crippen molar-refractivity contribution in [1.29, 1.82) is 0 Å². The van der Waals surface area contributed by atoms with E-state index in [1.807, 2.05) is 6.26 Å². The minimum Gasteiger partial charge on any atom is -0.352 e. The molecule has 8 nitrogen and oxygen atoms in total. The monoisotopic (exact) mass is 391 g/mol. The predicted octanol–water partition coefficient (Wildman–Crippen LogP) is 1.47. The van der Waals surface area contributed by atoms with E-state index in [9.17, 15) is 14.4 Å². The molecule has 0 aliphatic carbocycles. The van der Waals surface area contributed by atoms with Crippen LogP contribution in [-0.2, 0) is 9.59 Å². The Balaban J connectivity index is 1.58. The number of rotatable bonds is 4. The molecule has 2 aliphatic heterocycles. The Kier molecular flexibility index (Phi) is 4.53. The zero-order valence-corrected chi connectivity index (χ0v) is 15.7. The number of hydrogen-bond donors (Lipinski definition) is 1. The van der Waals surface area contributed by atoms with E-state index in [1.165, 1.54) is 16.7 Å². The summed E-state index contributed by atoms with van der Waals surface area (Å²) in [6.07, 6.45) is 2.95. The highest BCUT2D eigenvalue weighted by Crippen LogP contribution is 2.34. The lowest BCUT2D eigenvalue weighted by molar-refractivity contribution is -0.123. The maximum atomic E-state index is 13.0. The van der Waals surface area contributed by atoms with E-state index >= 15 is 0 Å². The molecule has 1 aromatic carbocycles. The summed E-state index contributed by atoms with van der Waals surface area (Å²) in [7, 11) is 0. The third kappa shape index (κ3) is 2.82. The highest BCUT2D eigenvalue weighted by atomic mass is 32.2. The number of urea groups is 1. The van der Waals surface area contributed by atoms with Crippen LogP contribution in [0.1, 0.15) is 12.8 Å². The van der Waals surface area contributed by atoms with Crippen LogP contribution in [-0.4, -0.2) is 62.1 Å². The number of thioether (sulfide) groups is 1. The molecule has 4 rings (SSSR count). The number of carbonyl (C=O) groups is 3. The normalized spacial score (nSPS) is 22.8. The molecule has 26 heavy (non-hydrogen) atoms. The standard InChI is InChI=1S/C16H17N5O3S2/c1-25-8-13(22)17-9-5-6-20-12(7-9)15(23)21(16(20)24)11-4-2-3-10-14(11)19-26-18-10/h2-4,9,12H,5-8H2,1H3,(H,17,22)/t9-,12-/m0/s1. The zero-order chi connectivity index (χ0) is 18.3. The van der Waals surface area contributed by atoms with E-state index < -0.39 is 6.04 Å². The number of nitrogens with zero attached hydrogens (tertiary/aromatic N) is 4. The number of benzene rings is 1. The number of imide groups is 1. The summed E-state index contributed by atoms with van der Waals surface area (Å²) in [5.74, 6) is 0.0881. The van der Waals surface area contributed by atoms with Crippen LogP contribution in [0.5, 0.6) is 0 Å². The lowest BCUT2D eigenvalue weighted by Crippen LogP contribution is -2.50. The van der Waals surface area contributed by atoms with Gasteiger partial charge in [0.25, 0.3) is 5.91 Å². The van der Waals surface area contributed by atoms with Crippen molar-refractivity contribution in [2.45, 2.75) is 24.9 Å².